The minimum atomic E-state index is -0.681. The van der Waals surface area contributed by atoms with E-state index in [0.29, 0.717) is 5.56 Å². The van der Waals surface area contributed by atoms with Crippen LogP contribution in [0.3, 0.4) is 0 Å². The first-order chi connectivity index (χ1) is 6.06. The third-order valence-corrected chi connectivity index (χ3v) is 2.25. The minimum Gasteiger partial charge on any atom is -0.394 e. The fourth-order valence-electron chi connectivity index (χ4n) is 0.920. The van der Waals surface area contributed by atoms with Crippen LogP contribution in [0.4, 0.5) is 4.39 Å². The first-order valence-corrected chi connectivity index (χ1v) is 4.32. The zero-order chi connectivity index (χ0) is 10.0. The molecule has 0 radical (unpaired) electrons. The van der Waals surface area contributed by atoms with Crippen molar-refractivity contribution in [3.8, 4) is 0 Å². The molecule has 72 valence electrons. The van der Waals surface area contributed by atoms with Gasteiger partial charge < -0.3 is 10.8 Å². The maximum Gasteiger partial charge on any atom is 0.142 e. The van der Waals surface area contributed by atoms with Gasteiger partial charge in [0.1, 0.15) is 5.82 Å². The molecule has 5 heteroatoms. The Morgan fingerprint density at radius 2 is 2.00 bits per heavy atom. The molecular weight excluding hydrogens is 216 g/mol. The lowest BCUT2D eigenvalue weighted by Crippen LogP contribution is -2.15. The van der Waals surface area contributed by atoms with Gasteiger partial charge in [-0.1, -0.05) is 23.2 Å². The molecule has 1 aromatic rings. The third kappa shape index (κ3) is 2.31. The molecule has 1 aromatic carbocycles. The minimum absolute atomic E-state index is 0.0566. The summed E-state index contributed by atoms with van der Waals surface area (Å²) in [5.74, 6) is -0.593. The predicted octanol–water partition coefficient (Wildman–Crippen LogP) is 2.12. The number of nitrogens with two attached hydrogens (primary N) is 1. The molecular formula is C8H8Cl2FNO. The van der Waals surface area contributed by atoms with Crippen LogP contribution in [0.25, 0.3) is 0 Å². The molecule has 0 fully saturated rings. The molecule has 3 N–H and O–H groups in total. The topological polar surface area (TPSA) is 46.2 Å². The molecule has 1 atom stereocenters. The van der Waals surface area contributed by atoms with Crippen molar-refractivity contribution in [2.45, 2.75) is 6.04 Å². The molecule has 0 aliphatic carbocycles. The van der Waals surface area contributed by atoms with Gasteiger partial charge in [0.25, 0.3) is 0 Å². The van der Waals surface area contributed by atoms with Crippen LogP contribution >= 0.6 is 23.2 Å². The van der Waals surface area contributed by atoms with E-state index in [1.165, 1.54) is 6.07 Å². The lowest BCUT2D eigenvalue weighted by Gasteiger charge is -2.10. The highest BCUT2D eigenvalue weighted by Crippen LogP contribution is 2.27. The van der Waals surface area contributed by atoms with E-state index in [-0.39, 0.29) is 16.7 Å². The molecule has 0 aliphatic rings. The van der Waals surface area contributed by atoms with Crippen molar-refractivity contribution >= 4 is 23.2 Å². The Kier molecular flexibility index (Phi) is 3.50. The molecule has 0 aliphatic heterocycles. The second-order valence-corrected chi connectivity index (χ2v) is 3.39. The number of benzene rings is 1. The second-order valence-electron chi connectivity index (χ2n) is 2.58. The van der Waals surface area contributed by atoms with Crippen LogP contribution in [0.15, 0.2) is 12.1 Å². The molecule has 13 heavy (non-hydrogen) atoms. The summed E-state index contributed by atoms with van der Waals surface area (Å²) in [5, 5.41) is 8.93. The molecule has 0 heterocycles. The molecule has 1 rings (SSSR count). The molecule has 2 nitrogen and oxygen atoms in total. The van der Waals surface area contributed by atoms with Gasteiger partial charge in [-0.3, -0.25) is 0 Å². The summed E-state index contributed by atoms with van der Waals surface area (Å²) >= 11 is 11.2. The maximum absolute atomic E-state index is 12.9. The Morgan fingerprint density at radius 1 is 1.38 bits per heavy atom. The SMILES string of the molecule is N[C@H](CO)c1cc(F)c(Cl)cc1Cl. The monoisotopic (exact) mass is 223 g/mol. The van der Waals surface area contributed by atoms with E-state index in [2.05, 4.69) is 0 Å². The highest BCUT2D eigenvalue weighted by molar-refractivity contribution is 6.35. The lowest BCUT2D eigenvalue weighted by molar-refractivity contribution is 0.268. The number of aliphatic hydroxyl groups is 1. The average molecular weight is 224 g/mol. The smallest absolute Gasteiger partial charge is 0.142 e. The van der Waals surface area contributed by atoms with Gasteiger partial charge in [-0.25, -0.2) is 4.39 Å². The fourth-order valence-corrected chi connectivity index (χ4v) is 1.44. The Hall–Kier alpha value is -0.350. The maximum atomic E-state index is 12.9. The number of hydrogen-bond donors (Lipinski definition) is 2. The van der Waals surface area contributed by atoms with Crippen LogP contribution in [0.5, 0.6) is 0 Å². The summed E-state index contributed by atoms with van der Waals surface area (Å²) in [7, 11) is 0. The van der Waals surface area contributed by atoms with Crippen molar-refractivity contribution in [3.63, 3.8) is 0 Å². The summed E-state index contributed by atoms with van der Waals surface area (Å²) < 4.78 is 12.9. The molecule has 0 saturated heterocycles. The Bertz CT molecular complexity index is 319. The second kappa shape index (κ2) is 4.24. The Labute approximate surface area is 85.1 Å². The van der Waals surface area contributed by atoms with Gasteiger partial charge in [0.05, 0.1) is 17.7 Å². The number of aliphatic hydroxyl groups excluding tert-OH is 1. The Balaban J connectivity index is 3.15. The van der Waals surface area contributed by atoms with Crippen LogP contribution < -0.4 is 5.73 Å². The summed E-state index contributed by atoms with van der Waals surface area (Å²) in [5.41, 5.74) is 5.82. The first kappa shape index (κ1) is 10.7. The normalized spacial score (nSPS) is 13.0. The van der Waals surface area contributed by atoms with Crippen LogP contribution in [0, 0.1) is 5.82 Å². The van der Waals surface area contributed by atoms with Gasteiger partial charge in [-0.2, -0.15) is 0 Å². The zero-order valence-electron chi connectivity index (χ0n) is 6.60. The molecule has 0 spiro atoms. The first-order valence-electron chi connectivity index (χ1n) is 3.57. The molecule has 0 unspecified atom stereocenters. The van der Waals surface area contributed by atoms with Gasteiger partial charge in [0, 0.05) is 5.02 Å². The largest absolute Gasteiger partial charge is 0.394 e. The van der Waals surface area contributed by atoms with Gasteiger partial charge in [-0.05, 0) is 17.7 Å². The van der Waals surface area contributed by atoms with Gasteiger partial charge in [0.15, 0.2) is 0 Å². The van der Waals surface area contributed by atoms with E-state index in [9.17, 15) is 4.39 Å². The zero-order valence-corrected chi connectivity index (χ0v) is 8.11. The highest BCUT2D eigenvalue weighted by atomic mass is 35.5. The number of rotatable bonds is 2. The van der Waals surface area contributed by atoms with E-state index >= 15 is 0 Å². The summed E-state index contributed by atoms with van der Waals surface area (Å²) in [6, 6.07) is 1.72. The van der Waals surface area contributed by atoms with E-state index in [1.54, 1.807) is 0 Å². The highest BCUT2D eigenvalue weighted by Gasteiger charge is 2.12. The quantitative estimate of drug-likeness (QED) is 0.755. The van der Waals surface area contributed by atoms with E-state index in [0.717, 1.165) is 6.07 Å². The Morgan fingerprint density at radius 3 is 2.54 bits per heavy atom. The number of halogens is 3. The third-order valence-electron chi connectivity index (χ3n) is 1.64. The van der Waals surface area contributed by atoms with Crippen molar-refractivity contribution in [2.75, 3.05) is 6.61 Å². The fraction of sp³-hybridized carbons (Fsp3) is 0.250. The van der Waals surface area contributed by atoms with E-state index in [4.69, 9.17) is 34.0 Å². The van der Waals surface area contributed by atoms with E-state index < -0.39 is 11.9 Å². The number of hydrogen-bond acceptors (Lipinski definition) is 2. The molecule has 0 amide bonds. The predicted molar refractivity (Wildman–Crippen MR) is 50.4 cm³/mol. The van der Waals surface area contributed by atoms with Crippen molar-refractivity contribution in [1.29, 1.82) is 0 Å². The van der Waals surface area contributed by atoms with Crippen LogP contribution in [-0.2, 0) is 0 Å². The average Bonchev–Trinajstić information content (AvgIpc) is 2.10. The van der Waals surface area contributed by atoms with Crippen LogP contribution in [0.2, 0.25) is 10.0 Å². The summed E-state index contributed by atoms with van der Waals surface area (Å²) in [6.07, 6.45) is 0. The van der Waals surface area contributed by atoms with Crippen molar-refractivity contribution < 1.29 is 9.50 Å². The standard InChI is InChI=1S/C8H8Cl2FNO/c9-5-2-6(10)7(11)1-4(5)8(12)3-13/h1-2,8,13H,3,12H2/t8-/m1/s1. The molecule has 0 aromatic heterocycles. The van der Waals surface area contributed by atoms with Crippen LogP contribution in [0.1, 0.15) is 11.6 Å². The van der Waals surface area contributed by atoms with E-state index in [1.807, 2.05) is 0 Å². The van der Waals surface area contributed by atoms with Gasteiger partial charge in [0.2, 0.25) is 0 Å². The van der Waals surface area contributed by atoms with Crippen molar-refractivity contribution in [1.82, 2.24) is 0 Å². The summed E-state index contributed by atoms with van der Waals surface area (Å²) in [4.78, 5) is 0. The molecule has 0 saturated carbocycles. The van der Waals surface area contributed by atoms with Crippen molar-refractivity contribution in [3.05, 3.63) is 33.6 Å². The van der Waals surface area contributed by atoms with Gasteiger partial charge in [-0.15, -0.1) is 0 Å². The summed E-state index contributed by atoms with van der Waals surface area (Å²) in [6.45, 7) is -0.291. The molecule has 0 bridgehead atoms. The lowest BCUT2D eigenvalue weighted by atomic mass is 10.1. The van der Waals surface area contributed by atoms with Crippen LogP contribution in [-0.4, -0.2) is 11.7 Å². The van der Waals surface area contributed by atoms with Gasteiger partial charge >= 0.3 is 0 Å². The van der Waals surface area contributed by atoms with Crippen molar-refractivity contribution in [2.24, 2.45) is 5.73 Å².